The molecule has 1 aromatic heterocycles. The molecule has 2 aromatic carbocycles. The lowest BCUT2D eigenvalue weighted by molar-refractivity contribution is -0.276. The van der Waals surface area contributed by atoms with Crippen molar-refractivity contribution in [2.24, 2.45) is 5.73 Å². The van der Waals surface area contributed by atoms with Gasteiger partial charge in [0.15, 0.2) is 23.1 Å². The van der Waals surface area contributed by atoms with E-state index in [1.165, 1.54) is 0 Å². The van der Waals surface area contributed by atoms with Gasteiger partial charge in [0.25, 0.3) is 17.7 Å². The number of nitrogens with one attached hydrogen (secondary N) is 1. The first-order valence-electron chi connectivity index (χ1n) is 10.7. The molecule has 1 heterocycles. The van der Waals surface area contributed by atoms with Gasteiger partial charge in [-0.2, -0.15) is 0 Å². The first kappa shape index (κ1) is 30.8. The lowest BCUT2D eigenvalue weighted by Gasteiger charge is -2.22. The summed E-state index contributed by atoms with van der Waals surface area (Å²) in [5.74, 6) is -12.1. The van der Waals surface area contributed by atoms with Crippen LogP contribution in [0.25, 0.3) is 0 Å². The molecule has 0 fully saturated rings. The number of aliphatic hydroxyl groups is 2. The molecule has 0 saturated carbocycles. The smallest absolute Gasteiger partial charge is 0.452 e. The Bertz CT molecular complexity index is 1460. The third-order valence-electron chi connectivity index (χ3n) is 4.46. The van der Waals surface area contributed by atoms with Gasteiger partial charge < -0.3 is 40.2 Å². The summed E-state index contributed by atoms with van der Waals surface area (Å²) in [6, 6.07) is 5.03. The second kappa shape index (κ2) is 11.4. The molecule has 2 amide bonds. The van der Waals surface area contributed by atoms with E-state index in [1.54, 1.807) is 0 Å². The van der Waals surface area contributed by atoms with E-state index in [1.807, 2.05) is 0 Å². The summed E-state index contributed by atoms with van der Waals surface area (Å²) in [7, 11) is 0.658. The molecule has 0 aliphatic rings. The monoisotopic (exact) mass is 593 g/mol. The van der Waals surface area contributed by atoms with Crippen LogP contribution in [0.2, 0.25) is 0 Å². The van der Waals surface area contributed by atoms with Crippen LogP contribution in [-0.2, 0) is 0 Å². The van der Waals surface area contributed by atoms with Gasteiger partial charge in [-0.05, 0) is 36.4 Å². The Labute approximate surface area is 224 Å². The van der Waals surface area contributed by atoms with Gasteiger partial charge >= 0.3 is 12.7 Å². The minimum atomic E-state index is -5.39. The lowest BCUT2D eigenvalue weighted by Crippen LogP contribution is -2.35. The summed E-state index contributed by atoms with van der Waals surface area (Å²) < 4.78 is 109. The van der Waals surface area contributed by atoms with E-state index in [4.69, 9.17) is 15.2 Å². The molecule has 0 spiro atoms. The number of amides is 2. The number of nitrogens with zero attached hydrogens (tertiary/aromatic N) is 1. The Morgan fingerprint density at radius 3 is 2.05 bits per heavy atom. The van der Waals surface area contributed by atoms with Crippen LogP contribution in [0.1, 0.15) is 20.8 Å². The minimum Gasteiger partial charge on any atom is -0.452 e. The average Bonchev–Trinajstić information content (AvgIpc) is 2.80. The number of nitrogens with two attached hydrogens (primary N) is 1. The van der Waals surface area contributed by atoms with Gasteiger partial charge in [0.05, 0.1) is 0 Å². The zero-order valence-corrected chi connectivity index (χ0v) is 20.1. The Morgan fingerprint density at radius 1 is 0.854 bits per heavy atom. The highest BCUT2D eigenvalue weighted by molar-refractivity contribution is 6.12. The van der Waals surface area contributed by atoms with Crippen molar-refractivity contribution in [2.45, 2.75) is 18.6 Å². The minimum absolute atomic E-state index is 0.208. The highest BCUT2D eigenvalue weighted by atomic mass is 19.4. The molecule has 5 N–H and O–H groups in total. The second-order valence-electron chi connectivity index (χ2n) is 7.84. The van der Waals surface area contributed by atoms with Crippen LogP contribution in [0.3, 0.4) is 0 Å². The van der Waals surface area contributed by atoms with Crippen molar-refractivity contribution in [3.8, 4) is 28.7 Å². The summed E-state index contributed by atoms with van der Waals surface area (Å²) in [5.41, 5.74) is 3.33. The fraction of sp³-hybridized carbons (Fsp3) is 0.136. The summed E-state index contributed by atoms with van der Waals surface area (Å²) in [5, 5.41) is 21.2. The van der Waals surface area contributed by atoms with Crippen LogP contribution in [-0.4, -0.2) is 53.5 Å². The van der Waals surface area contributed by atoms with Gasteiger partial charge in [-0.25, -0.2) is 4.39 Å². The number of ether oxygens (including phenoxy) is 4. The average molecular weight is 593 g/mol. The van der Waals surface area contributed by atoms with Crippen molar-refractivity contribution in [1.82, 2.24) is 4.98 Å². The normalized spacial score (nSPS) is 11.9. The van der Waals surface area contributed by atoms with E-state index in [0.717, 1.165) is 24.4 Å². The number of alkyl halides is 6. The third-order valence-corrected chi connectivity index (χ3v) is 4.46. The van der Waals surface area contributed by atoms with E-state index in [-0.39, 0.29) is 11.4 Å². The molecule has 0 unspecified atom stereocenters. The van der Waals surface area contributed by atoms with Gasteiger partial charge in [-0.3, -0.25) is 14.6 Å². The molecule has 3 rings (SSSR count). The number of carbonyl (C=O) groups excluding carboxylic acids is 2. The fourth-order valence-electron chi connectivity index (χ4n) is 3.05. The zero-order valence-electron chi connectivity index (χ0n) is 20.1. The molecule has 0 radical (unpaired) electrons. The van der Waals surface area contributed by atoms with Crippen LogP contribution < -0.4 is 30.0 Å². The zero-order chi connectivity index (χ0) is 30.8. The Kier molecular flexibility index (Phi) is 8.54. The highest BCUT2D eigenvalue weighted by Gasteiger charge is 2.35. The predicted octanol–water partition coefficient (Wildman–Crippen LogP) is 2.77. The molecule has 218 valence electrons. The predicted molar refractivity (Wildman–Crippen MR) is 123 cm³/mol. The van der Waals surface area contributed by atoms with Crippen LogP contribution in [0.4, 0.5) is 36.4 Å². The SMILES string of the molecule is BC(O)(O)Oc1cc(OC(F)(F)F)ccc1Oc1ccc(OC(F)(F)F)c(F)c1C(=O)Nc1ccnc(C(N)=O)c1. The van der Waals surface area contributed by atoms with E-state index in [0.29, 0.717) is 32.1 Å². The van der Waals surface area contributed by atoms with Crippen molar-refractivity contribution in [3.63, 3.8) is 0 Å². The summed E-state index contributed by atoms with van der Waals surface area (Å²) in [6.07, 6.45) is -9.53. The molecular weight excluding hydrogens is 578 g/mol. The van der Waals surface area contributed by atoms with Crippen LogP contribution in [0.5, 0.6) is 28.7 Å². The molecule has 0 bridgehead atoms. The van der Waals surface area contributed by atoms with E-state index in [9.17, 15) is 46.1 Å². The van der Waals surface area contributed by atoms with Crippen molar-refractivity contribution in [1.29, 1.82) is 0 Å². The molecule has 0 aliphatic carbocycles. The Morgan fingerprint density at radius 2 is 1.46 bits per heavy atom. The Balaban J connectivity index is 2.10. The van der Waals surface area contributed by atoms with E-state index < -0.39 is 70.5 Å². The van der Waals surface area contributed by atoms with Gasteiger partial charge in [-0.1, -0.05) is 0 Å². The van der Waals surface area contributed by atoms with Crippen molar-refractivity contribution in [2.75, 3.05) is 5.32 Å². The van der Waals surface area contributed by atoms with E-state index >= 15 is 4.39 Å². The number of anilines is 1. The summed E-state index contributed by atoms with van der Waals surface area (Å²) in [4.78, 5) is 28.0. The third kappa shape index (κ3) is 8.87. The van der Waals surface area contributed by atoms with Crippen molar-refractivity contribution >= 4 is 25.3 Å². The molecular formula is C22H15BF7N3O8. The van der Waals surface area contributed by atoms with Crippen molar-refractivity contribution < 1.29 is 69.5 Å². The standard InChI is InChI=1S/C22H15BF7N3O8/c23-20(36,37)40-15-8-10(39-21(25,26)27)1-2-12(15)38-13-3-4-14(41-22(28,29)30)17(24)16(13)19(35)33-9-5-6-32-11(7-9)18(31)34/h1-8,36-37H,23H2,(H2,31,34)(H,32,33,35). The number of benzene rings is 2. The maximum atomic E-state index is 15.2. The Hall–Kier alpha value is -4.78. The van der Waals surface area contributed by atoms with E-state index in [2.05, 4.69) is 19.8 Å². The van der Waals surface area contributed by atoms with Gasteiger partial charge in [-0.15, -0.1) is 26.3 Å². The van der Waals surface area contributed by atoms with Gasteiger partial charge in [0.1, 0.15) is 22.8 Å². The molecule has 0 saturated heterocycles. The number of hydrogen-bond donors (Lipinski definition) is 4. The van der Waals surface area contributed by atoms with Crippen molar-refractivity contribution in [3.05, 3.63) is 65.7 Å². The lowest BCUT2D eigenvalue weighted by atomic mass is 10.1. The fourth-order valence-corrected chi connectivity index (χ4v) is 3.05. The van der Waals surface area contributed by atoms with Crippen LogP contribution in [0, 0.1) is 5.82 Å². The summed E-state index contributed by atoms with van der Waals surface area (Å²) >= 11 is 0. The molecule has 41 heavy (non-hydrogen) atoms. The first-order valence-corrected chi connectivity index (χ1v) is 10.7. The number of hydrogen-bond acceptors (Lipinski definition) is 9. The molecule has 0 atom stereocenters. The number of rotatable bonds is 9. The quantitative estimate of drug-likeness (QED) is 0.166. The number of pyridine rings is 1. The number of aromatic nitrogens is 1. The molecule has 11 nitrogen and oxygen atoms in total. The van der Waals surface area contributed by atoms with Gasteiger partial charge in [0.2, 0.25) is 7.85 Å². The number of primary amides is 1. The van der Waals surface area contributed by atoms with Crippen LogP contribution >= 0.6 is 0 Å². The number of halogens is 7. The highest BCUT2D eigenvalue weighted by Crippen LogP contribution is 2.41. The molecule has 0 aliphatic heterocycles. The second-order valence-corrected chi connectivity index (χ2v) is 7.84. The molecule has 3 aromatic rings. The topological polar surface area (TPSA) is 162 Å². The van der Waals surface area contributed by atoms with Crippen LogP contribution in [0.15, 0.2) is 48.7 Å². The maximum absolute atomic E-state index is 15.2. The largest absolute Gasteiger partial charge is 0.573 e. The van der Waals surface area contributed by atoms with Gasteiger partial charge in [0, 0.05) is 18.0 Å². The summed E-state index contributed by atoms with van der Waals surface area (Å²) in [6.45, 7) is 0. The maximum Gasteiger partial charge on any atom is 0.573 e. The molecule has 19 heteroatoms. The number of carbonyl (C=O) groups is 2. The first-order chi connectivity index (χ1) is 18.8.